The van der Waals surface area contributed by atoms with Crippen molar-refractivity contribution in [3.05, 3.63) is 34.6 Å². The first-order chi connectivity index (χ1) is 8.83. The van der Waals surface area contributed by atoms with Gasteiger partial charge in [0.05, 0.1) is 0 Å². The maximum Gasteiger partial charge on any atom is 0.257 e. The normalized spacial score (nSPS) is 16.9. The maximum absolute atomic E-state index is 5.35. The molecule has 0 spiro atoms. The van der Waals surface area contributed by atoms with E-state index < -0.39 is 0 Å². The predicted molar refractivity (Wildman–Crippen MR) is 72.3 cm³/mol. The average Bonchev–Trinajstić information content (AvgIpc) is 2.90. The van der Waals surface area contributed by atoms with Crippen LogP contribution in [-0.4, -0.2) is 23.2 Å². The summed E-state index contributed by atoms with van der Waals surface area (Å²) in [6, 6.07) is 7.90. The number of hydrogen-bond donors (Lipinski definition) is 1. The van der Waals surface area contributed by atoms with Gasteiger partial charge in [0.2, 0.25) is 0 Å². The summed E-state index contributed by atoms with van der Waals surface area (Å²) in [6.45, 7) is 2.07. The van der Waals surface area contributed by atoms with Crippen LogP contribution in [0, 0.1) is 0 Å². The van der Waals surface area contributed by atoms with Gasteiger partial charge in [0.15, 0.2) is 5.82 Å². The summed E-state index contributed by atoms with van der Waals surface area (Å²) >= 11 is 3.41. The van der Waals surface area contributed by atoms with Gasteiger partial charge in [-0.1, -0.05) is 21.1 Å². The molecule has 0 aliphatic carbocycles. The van der Waals surface area contributed by atoms with Gasteiger partial charge in [-0.15, -0.1) is 0 Å². The van der Waals surface area contributed by atoms with E-state index in [-0.39, 0.29) is 0 Å². The zero-order valence-corrected chi connectivity index (χ0v) is 11.5. The van der Waals surface area contributed by atoms with Crippen molar-refractivity contribution in [3.63, 3.8) is 0 Å². The molecule has 18 heavy (non-hydrogen) atoms. The highest BCUT2D eigenvalue weighted by molar-refractivity contribution is 9.10. The molecule has 0 unspecified atom stereocenters. The van der Waals surface area contributed by atoms with Crippen LogP contribution >= 0.6 is 15.9 Å². The molecule has 1 aliphatic heterocycles. The van der Waals surface area contributed by atoms with E-state index in [1.54, 1.807) is 0 Å². The lowest BCUT2D eigenvalue weighted by molar-refractivity contribution is 0.392. The van der Waals surface area contributed by atoms with E-state index in [0.29, 0.717) is 11.8 Å². The Labute approximate surface area is 114 Å². The molecule has 1 saturated heterocycles. The van der Waals surface area contributed by atoms with Crippen LogP contribution in [0.25, 0.3) is 11.5 Å². The number of hydrogen-bond acceptors (Lipinski definition) is 4. The Bertz CT molecular complexity index is 517. The summed E-state index contributed by atoms with van der Waals surface area (Å²) in [5, 5.41) is 7.45. The van der Waals surface area contributed by atoms with E-state index in [9.17, 15) is 0 Å². The van der Waals surface area contributed by atoms with Crippen LogP contribution in [0.1, 0.15) is 24.6 Å². The quantitative estimate of drug-likeness (QED) is 0.926. The highest BCUT2D eigenvalue weighted by atomic mass is 79.9. The van der Waals surface area contributed by atoms with Crippen LogP contribution in [-0.2, 0) is 0 Å². The van der Waals surface area contributed by atoms with Gasteiger partial charge in [-0.2, -0.15) is 4.98 Å². The SMILES string of the molecule is Brc1ccc(-c2nc(C3CCNCC3)no2)cc1. The number of nitrogens with one attached hydrogen (secondary N) is 1. The molecule has 94 valence electrons. The van der Waals surface area contributed by atoms with E-state index in [1.165, 1.54) is 0 Å². The molecule has 1 aromatic carbocycles. The van der Waals surface area contributed by atoms with Crippen LogP contribution in [0.3, 0.4) is 0 Å². The molecule has 0 amide bonds. The number of nitrogens with zero attached hydrogens (tertiary/aromatic N) is 2. The molecule has 1 aromatic heterocycles. The fourth-order valence-corrected chi connectivity index (χ4v) is 2.45. The van der Waals surface area contributed by atoms with Crippen LogP contribution < -0.4 is 5.32 Å². The zero-order valence-electron chi connectivity index (χ0n) is 9.90. The standard InChI is InChI=1S/C13H14BrN3O/c14-11-3-1-10(2-4-11)13-16-12(17-18-13)9-5-7-15-8-6-9/h1-4,9,15H,5-8H2. The number of benzene rings is 1. The monoisotopic (exact) mass is 307 g/mol. The molecule has 4 nitrogen and oxygen atoms in total. The summed E-state index contributed by atoms with van der Waals surface area (Å²) in [5.74, 6) is 1.88. The minimum absolute atomic E-state index is 0.430. The lowest BCUT2D eigenvalue weighted by Crippen LogP contribution is -2.27. The molecule has 2 aromatic rings. The second kappa shape index (κ2) is 5.20. The molecule has 1 aliphatic rings. The van der Waals surface area contributed by atoms with E-state index >= 15 is 0 Å². The lowest BCUT2D eigenvalue weighted by atomic mass is 9.98. The van der Waals surface area contributed by atoms with Gasteiger partial charge in [-0.05, 0) is 50.2 Å². The number of piperidine rings is 1. The molecule has 0 bridgehead atoms. The summed E-state index contributed by atoms with van der Waals surface area (Å²) in [6.07, 6.45) is 2.17. The van der Waals surface area contributed by atoms with Gasteiger partial charge in [-0.25, -0.2) is 0 Å². The van der Waals surface area contributed by atoms with Gasteiger partial charge >= 0.3 is 0 Å². The third-order valence-electron chi connectivity index (χ3n) is 3.24. The van der Waals surface area contributed by atoms with Crippen LogP contribution in [0.2, 0.25) is 0 Å². The van der Waals surface area contributed by atoms with Crippen molar-refractivity contribution in [1.82, 2.24) is 15.5 Å². The maximum atomic E-state index is 5.35. The molecular weight excluding hydrogens is 294 g/mol. The molecular formula is C13H14BrN3O. The first-order valence-corrected chi connectivity index (χ1v) is 6.92. The first kappa shape index (κ1) is 11.9. The smallest absolute Gasteiger partial charge is 0.257 e. The van der Waals surface area contributed by atoms with Gasteiger partial charge in [0.25, 0.3) is 5.89 Å². The van der Waals surface area contributed by atoms with Crippen LogP contribution in [0.5, 0.6) is 0 Å². The van der Waals surface area contributed by atoms with Crippen molar-refractivity contribution in [3.8, 4) is 11.5 Å². The Morgan fingerprint density at radius 2 is 1.89 bits per heavy atom. The molecule has 0 atom stereocenters. The van der Waals surface area contributed by atoms with Gasteiger partial charge < -0.3 is 9.84 Å². The second-order valence-corrected chi connectivity index (χ2v) is 5.40. The predicted octanol–water partition coefficient (Wildman–Crippen LogP) is 2.97. The van der Waals surface area contributed by atoms with Crippen molar-refractivity contribution in [2.75, 3.05) is 13.1 Å². The fraction of sp³-hybridized carbons (Fsp3) is 0.385. The first-order valence-electron chi connectivity index (χ1n) is 6.13. The summed E-state index contributed by atoms with van der Waals surface area (Å²) < 4.78 is 6.39. The Hall–Kier alpha value is -1.20. The third-order valence-corrected chi connectivity index (χ3v) is 3.77. The third kappa shape index (κ3) is 2.47. The molecule has 5 heteroatoms. The van der Waals surface area contributed by atoms with E-state index in [0.717, 1.165) is 41.8 Å². The molecule has 3 rings (SSSR count). The zero-order chi connectivity index (χ0) is 12.4. The van der Waals surface area contributed by atoms with E-state index in [4.69, 9.17) is 4.52 Å². The van der Waals surface area contributed by atoms with Crippen molar-refractivity contribution < 1.29 is 4.52 Å². The lowest BCUT2D eigenvalue weighted by Gasteiger charge is -2.18. The van der Waals surface area contributed by atoms with Gasteiger partial charge in [0, 0.05) is 16.0 Å². The highest BCUT2D eigenvalue weighted by Gasteiger charge is 2.20. The topological polar surface area (TPSA) is 51.0 Å². The van der Waals surface area contributed by atoms with Crippen molar-refractivity contribution in [2.45, 2.75) is 18.8 Å². The molecule has 0 radical (unpaired) electrons. The highest BCUT2D eigenvalue weighted by Crippen LogP contribution is 2.26. The fourth-order valence-electron chi connectivity index (χ4n) is 2.19. The van der Waals surface area contributed by atoms with Crippen molar-refractivity contribution in [1.29, 1.82) is 0 Å². The van der Waals surface area contributed by atoms with Crippen LogP contribution in [0.15, 0.2) is 33.3 Å². The molecule has 1 fully saturated rings. The summed E-state index contributed by atoms with van der Waals surface area (Å²) in [7, 11) is 0. The minimum atomic E-state index is 0.430. The largest absolute Gasteiger partial charge is 0.334 e. The van der Waals surface area contributed by atoms with Crippen LogP contribution in [0.4, 0.5) is 0 Å². The summed E-state index contributed by atoms with van der Waals surface area (Å²) in [4.78, 5) is 4.51. The minimum Gasteiger partial charge on any atom is -0.334 e. The van der Waals surface area contributed by atoms with Gasteiger partial charge in [-0.3, -0.25) is 0 Å². The molecule has 1 N–H and O–H groups in total. The van der Waals surface area contributed by atoms with Crippen molar-refractivity contribution >= 4 is 15.9 Å². The van der Waals surface area contributed by atoms with Crippen molar-refractivity contribution in [2.24, 2.45) is 0 Å². The van der Waals surface area contributed by atoms with Gasteiger partial charge in [0.1, 0.15) is 0 Å². The Morgan fingerprint density at radius 1 is 1.17 bits per heavy atom. The Balaban J connectivity index is 1.82. The Kier molecular flexibility index (Phi) is 3.43. The second-order valence-electron chi connectivity index (χ2n) is 4.49. The molecule has 2 heterocycles. The molecule has 0 saturated carbocycles. The van der Waals surface area contributed by atoms with E-state index in [1.807, 2.05) is 24.3 Å². The average molecular weight is 308 g/mol. The number of rotatable bonds is 2. The number of halogens is 1. The summed E-state index contributed by atoms with van der Waals surface area (Å²) in [5.41, 5.74) is 0.964. The number of aromatic nitrogens is 2. The Morgan fingerprint density at radius 3 is 2.61 bits per heavy atom. The van der Waals surface area contributed by atoms with E-state index in [2.05, 4.69) is 31.4 Å².